The minimum atomic E-state index is -0.324. The number of hydrogen-bond acceptors (Lipinski definition) is 6. The zero-order valence-electron chi connectivity index (χ0n) is 12.8. The molecule has 1 aliphatic heterocycles. The van der Waals surface area contributed by atoms with Crippen molar-refractivity contribution in [2.24, 2.45) is 0 Å². The lowest BCUT2D eigenvalue weighted by Crippen LogP contribution is -2.34. The van der Waals surface area contributed by atoms with Gasteiger partial charge < -0.3 is 9.42 Å². The van der Waals surface area contributed by atoms with E-state index < -0.39 is 0 Å². The summed E-state index contributed by atoms with van der Waals surface area (Å²) in [5.74, 6) is 0.515. The molecule has 1 fully saturated rings. The Hall–Kier alpha value is -3.01. The minimum Gasteiger partial charge on any atom is -0.356 e. The number of anilines is 1. The van der Waals surface area contributed by atoms with Gasteiger partial charge in [0, 0.05) is 36.7 Å². The van der Waals surface area contributed by atoms with Crippen LogP contribution in [0.25, 0.3) is 11.0 Å². The van der Waals surface area contributed by atoms with Crippen molar-refractivity contribution in [3.8, 4) is 6.07 Å². The predicted molar refractivity (Wildman–Crippen MR) is 84.9 cm³/mol. The second-order valence-electron chi connectivity index (χ2n) is 5.82. The van der Waals surface area contributed by atoms with Crippen molar-refractivity contribution >= 4 is 16.9 Å². The highest BCUT2D eigenvalue weighted by atomic mass is 19.1. The molecular weight excluding hydrogens is 309 g/mol. The fourth-order valence-corrected chi connectivity index (χ4v) is 3.14. The number of nitriles is 1. The summed E-state index contributed by atoms with van der Waals surface area (Å²) in [6.07, 6.45) is 3.35. The van der Waals surface area contributed by atoms with Crippen LogP contribution in [0.4, 0.5) is 10.3 Å². The summed E-state index contributed by atoms with van der Waals surface area (Å²) >= 11 is 0. The second-order valence-corrected chi connectivity index (χ2v) is 5.82. The Morgan fingerprint density at radius 3 is 2.88 bits per heavy atom. The molecule has 0 aliphatic carbocycles. The average Bonchev–Trinajstić information content (AvgIpc) is 3.05. The summed E-state index contributed by atoms with van der Waals surface area (Å²) in [4.78, 5) is 10.6. The number of piperidine rings is 1. The van der Waals surface area contributed by atoms with E-state index in [-0.39, 0.29) is 11.7 Å². The van der Waals surface area contributed by atoms with Crippen LogP contribution in [0.3, 0.4) is 0 Å². The van der Waals surface area contributed by atoms with Crippen LogP contribution in [-0.2, 0) is 0 Å². The minimum absolute atomic E-state index is 0.257. The van der Waals surface area contributed by atoms with E-state index in [1.165, 1.54) is 12.1 Å². The summed E-state index contributed by atoms with van der Waals surface area (Å²) in [7, 11) is 0. The lowest BCUT2D eigenvalue weighted by atomic mass is 9.92. The molecule has 0 saturated carbocycles. The van der Waals surface area contributed by atoms with Gasteiger partial charge in [0.05, 0.1) is 5.69 Å². The molecule has 3 heterocycles. The lowest BCUT2D eigenvalue weighted by Gasteiger charge is -2.31. The molecular formula is C17H14FN5O. The number of fused-ring (bicyclic) bond motifs is 1. The van der Waals surface area contributed by atoms with Gasteiger partial charge in [-0.15, -0.1) is 0 Å². The molecule has 0 bridgehead atoms. The predicted octanol–water partition coefficient (Wildman–Crippen LogP) is 3.01. The topological polar surface area (TPSA) is 78.8 Å². The summed E-state index contributed by atoms with van der Waals surface area (Å²) in [6.45, 7) is 1.55. The van der Waals surface area contributed by atoms with Crippen molar-refractivity contribution in [3.63, 3.8) is 0 Å². The van der Waals surface area contributed by atoms with Gasteiger partial charge in [-0.05, 0) is 31.0 Å². The SMILES string of the molecule is N#Cc1ccnc(N2CCC(c3noc4cc(F)ccc34)CC2)n1. The normalized spacial score (nSPS) is 15.6. The Kier molecular flexibility index (Phi) is 3.58. The maximum absolute atomic E-state index is 13.3. The molecule has 0 amide bonds. The van der Waals surface area contributed by atoms with Gasteiger partial charge in [-0.25, -0.2) is 14.4 Å². The maximum atomic E-state index is 13.3. The molecule has 0 N–H and O–H groups in total. The average molecular weight is 323 g/mol. The molecule has 1 saturated heterocycles. The Balaban J connectivity index is 1.52. The smallest absolute Gasteiger partial charge is 0.226 e. The zero-order chi connectivity index (χ0) is 16.5. The summed E-state index contributed by atoms with van der Waals surface area (Å²) in [5.41, 5.74) is 1.74. The zero-order valence-corrected chi connectivity index (χ0v) is 12.8. The molecule has 0 spiro atoms. The van der Waals surface area contributed by atoms with Crippen molar-refractivity contribution in [2.45, 2.75) is 18.8 Å². The van der Waals surface area contributed by atoms with E-state index in [9.17, 15) is 4.39 Å². The van der Waals surface area contributed by atoms with Crippen LogP contribution in [0, 0.1) is 17.1 Å². The van der Waals surface area contributed by atoms with Crippen LogP contribution in [0.5, 0.6) is 0 Å². The van der Waals surface area contributed by atoms with E-state index in [1.54, 1.807) is 18.3 Å². The van der Waals surface area contributed by atoms with Crippen molar-refractivity contribution in [2.75, 3.05) is 18.0 Å². The van der Waals surface area contributed by atoms with Crippen LogP contribution in [-0.4, -0.2) is 28.2 Å². The van der Waals surface area contributed by atoms with Gasteiger partial charge in [-0.1, -0.05) is 5.16 Å². The number of benzene rings is 1. The largest absolute Gasteiger partial charge is 0.356 e. The van der Waals surface area contributed by atoms with E-state index in [4.69, 9.17) is 9.78 Å². The molecule has 4 rings (SSSR count). The van der Waals surface area contributed by atoms with Crippen LogP contribution >= 0.6 is 0 Å². The molecule has 0 radical (unpaired) electrons. The molecule has 6 nitrogen and oxygen atoms in total. The number of aromatic nitrogens is 3. The Labute approximate surface area is 137 Å². The Bertz CT molecular complexity index is 924. The molecule has 1 aliphatic rings. The van der Waals surface area contributed by atoms with Gasteiger partial charge in [0.1, 0.15) is 17.6 Å². The van der Waals surface area contributed by atoms with E-state index in [1.807, 2.05) is 6.07 Å². The van der Waals surface area contributed by atoms with Gasteiger partial charge in [-0.3, -0.25) is 0 Å². The Morgan fingerprint density at radius 2 is 2.08 bits per heavy atom. The van der Waals surface area contributed by atoms with Crippen molar-refractivity contribution in [3.05, 3.63) is 47.7 Å². The molecule has 3 aromatic rings. The van der Waals surface area contributed by atoms with Crippen molar-refractivity contribution < 1.29 is 8.91 Å². The third-order valence-corrected chi connectivity index (χ3v) is 4.38. The summed E-state index contributed by atoms with van der Waals surface area (Å²) in [6, 6.07) is 8.14. The number of hydrogen-bond donors (Lipinski definition) is 0. The van der Waals surface area contributed by atoms with Gasteiger partial charge in [0.25, 0.3) is 0 Å². The monoisotopic (exact) mass is 323 g/mol. The van der Waals surface area contributed by atoms with Gasteiger partial charge in [0.15, 0.2) is 5.58 Å². The fraction of sp³-hybridized carbons (Fsp3) is 0.294. The van der Waals surface area contributed by atoms with E-state index in [0.29, 0.717) is 17.2 Å². The van der Waals surface area contributed by atoms with Gasteiger partial charge >= 0.3 is 0 Å². The number of halogens is 1. The van der Waals surface area contributed by atoms with E-state index in [2.05, 4.69) is 20.0 Å². The molecule has 1 aromatic carbocycles. The summed E-state index contributed by atoms with van der Waals surface area (Å²) < 4.78 is 18.5. The molecule has 120 valence electrons. The first-order chi connectivity index (χ1) is 11.7. The Morgan fingerprint density at radius 1 is 1.25 bits per heavy atom. The first-order valence-corrected chi connectivity index (χ1v) is 7.77. The first-order valence-electron chi connectivity index (χ1n) is 7.77. The highest BCUT2D eigenvalue weighted by molar-refractivity contribution is 5.79. The highest BCUT2D eigenvalue weighted by Gasteiger charge is 2.26. The first kappa shape index (κ1) is 14.6. The third kappa shape index (κ3) is 2.56. The van der Waals surface area contributed by atoms with Gasteiger partial charge in [0.2, 0.25) is 5.95 Å². The van der Waals surface area contributed by atoms with Crippen LogP contribution in [0.2, 0.25) is 0 Å². The van der Waals surface area contributed by atoms with Crippen LogP contribution in [0.1, 0.15) is 30.1 Å². The number of nitrogens with zero attached hydrogens (tertiary/aromatic N) is 5. The standard InChI is InChI=1S/C17H14FN5O/c18-12-1-2-14-15(9-12)24-22-16(14)11-4-7-23(8-5-11)17-20-6-3-13(10-19)21-17/h1-3,6,9,11H,4-5,7-8H2. The second kappa shape index (κ2) is 5.89. The molecule has 7 heteroatoms. The van der Waals surface area contributed by atoms with Gasteiger partial charge in [-0.2, -0.15) is 5.26 Å². The third-order valence-electron chi connectivity index (χ3n) is 4.38. The molecule has 0 atom stereocenters. The maximum Gasteiger partial charge on any atom is 0.226 e. The van der Waals surface area contributed by atoms with E-state index in [0.717, 1.165) is 37.0 Å². The van der Waals surface area contributed by atoms with Crippen molar-refractivity contribution in [1.82, 2.24) is 15.1 Å². The summed E-state index contributed by atoms with van der Waals surface area (Å²) in [5, 5.41) is 14.0. The quantitative estimate of drug-likeness (QED) is 0.721. The highest BCUT2D eigenvalue weighted by Crippen LogP contribution is 2.33. The van der Waals surface area contributed by atoms with Crippen molar-refractivity contribution in [1.29, 1.82) is 5.26 Å². The fourth-order valence-electron chi connectivity index (χ4n) is 3.14. The lowest BCUT2D eigenvalue weighted by molar-refractivity contribution is 0.415. The van der Waals surface area contributed by atoms with E-state index >= 15 is 0 Å². The molecule has 0 unspecified atom stereocenters. The number of rotatable bonds is 2. The molecule has 24 heavy (non-hydrogen) atoms. The molecule has 2 aromatic heterocycles. The van der Waals surface area contributed by atoms with Crippen LogP contribution in [0.15, 0.2) is 35.0 Å². The van der Waals surface area contributed by atoms with Crippen LogP contribution < -0.4 is 4.90 Å².